The highest BCUT2D eigenvalue weighted by atomic mass is 36.0. The molecule has 0 aromatic heterocycles. The third-order valence-corrected chi connectivity index (χ3v) is 2.79. The zero-order valence-corrected chi connectivity index (χ0v) is 15.4. The summed E-state index contributed by atoms with van der Waals surface area (Å²) in [5, 5.41) is 9.15. The first-order valence-corrected chi connectivity index (χ1v) is 9.74. The van der Waals surface area contributed by atoms with Crippen molar-refractivity contribution in [3.8, 4) is 0 Å². The van der Waals surface area contributed by atoms with Crippen molar-refractivity contribution in [2.75, 3.05) is 0 Å². The Hall–Kier alpha value is -0.580. The molecule has 2 rings (SSSR count). The monoisotopic (exact) mass is 380 g/mol. The zero-order chi connectivity index (χ0) is 17.0. The van der Waals surface area contributed by atoms with Crippen molar-refractivity contribution in [2.45, 2.75) is 25.3 Å². The summed E-state index contributed by atoms with van der Waals surface area (Å²) < 4.78 is 9.09. The van der Waals surface area contributed by atoms with Crippen LogP contribution in [0.4, 0.5) is 0 Å². The lowest BCUT2D eigenvalue weighted by atomic mass is 10.1. The van der Waals surface area contributed by atoms with Crippen molar-refractivity contribution in [2.24, 2.45) is 0 Å². The Bertz CT molecular complexity index is 472. The van der Waals surface area contributed by atoms with E-state index in [1.165, 1.54) is 5.56 Å². The summed E-state index contributed by atoms with van der Waals surface area (Å²) >= 11 is 5.80. The van der Waals surface area contributed by atoms with E-state index in [4.69, 9.17) is 20.9 Å². The maximum absolute atomic E-state index is 9.09. The average molecular weight is 382 g/mol. The smallest absolute Gasteiger partial charge is 0.211 e. The molecule has 0 saturated carbocycles. The van der Waals surface area contributed by atoms with Crippen molar-refractivity contribution in [3.63, 3.8) is 0 Å². The van der Waals surface area contributed by atoms with E-state index in [2.05, 4.69) is 21.4 Å². The number of aliphatic hydroxyl groups is 1. The van der Waals surface area contributed by atoms with Crippen LogP contribution < -0.4 is 0 Å². The van der Waals surface area contributed by atoms with Gasteiger partial charge in [0.05, 0.1) is 11.5 Å². The van der Waals surface area contributed by atoms with Crippen molar-refractivity contribution < 1.29 is 9.32 Å². The second kappa shape index (κ2) is 12.9. The fourth-order valence-electron chi connectivity index (χ4n) is 1.45. The largest absolute Gasteiger partial charge is 0.389 e. The molecule has 22 heavy (non-hydrogen) atoms. The Morgan fingerprint density at radius 3 is 1.36 bits per heavy atom. The maximum Gasteiger partial charge on any atom is 0.211 e. The number of rotatable bonds is 2. The van der Waals surface area contributed by atoms with E-state index in [0.29, 0.717) is 0 Å². The van der Waals surface area contributed by atoms with Gasteiger partial charge in [0, 0.05) is 21.4 Å². The topological polar surface area (TPSA) is 37.3 Å². The Morgan fingerprint density at radius 2 is 1.18 bits per heavy atom. The van der Waals surface area contributed by atoms with Gasteiger partial charge in [-0.1, -0.05) is 60.7 Å². The minimum atomic E-state index is -1.67. The van der Waals surface area contributed by atoms with Crippen LogP contribution in [0.25, 0.3) is 0 Å². The molecule has 0 aliphatic heterocycles. The van der Waals surface area contributed by atoms with Crippen molar-refractivity contribution >= 4 is 42.2 Å². The molecular formula is C16H19Cl3O2S. The van der Waals surface area contributed by atoms with E-state index in [1.54, 1.807) is 6.92 Å². The molecule has 0 spiro atoms. The summed E-state index contributed by atoms with van der Waals surface area (Å²) in [6, 6.07) is 19.6. The van der Waals surface area contributed by atoms with Gasteiger partial charge in [-0.2, -0.15) is 0 Å². The molecule has 0 fully saturated rings. The van der Waals surface area contributed by atoms with Crippen LogP contribution in [0.2, 0.25) is 0 Å². The summed E-state index contributed by atoms with van der Waals surface area (Å²) in [7, 11) is 7.36. The maximum atomic E-state index is 9.09. The Balaban J connectivity index is 0.000000326. The number of hydrogen-bond acceptors (Lipinski definition) is 2. The van der Waals surface area contributed by atoms with Crippen LogP contribution in [0, 0.1) is 0 Å². The summed E-state index contributed by atoms with van der Waals surface area (Å²) in [6.07, 6.45) is -0.341. The van der Waals surface area contributed by atoms with Gasteiger partial charge in [-0.3, -0.25) is 0 Å². The van der Waals surface area contributed by atoms with Gasteiger partial charge in [0.2, 0.25) is 9.23 Å². The molecule has 0 unspecified atom stereocenters. The number of alkyl halides is 1. The van der Waals surface area contributed by atoms with Gasteiger partial charge in [0.15, 0.2) is 0 Å². The van der Waals surface area contributed by atoms with Gasteiger partial charge in [-0.05, 0) is 25.0 Å². The lowest BCUT2D eigenvalue weighted by Crippen LogP contribution is -1.87. The van der Waals surface area contributed by atoms with Crippen molar-refractivity contribution in [3.05, 3.63) is 71.8 Å². The molecule has 1 N–H and O–H groups in total. The van der Waals surface area contributed by atoms with E-state index in [-0.39, 0.29) is 11.5 Å². The highest BCUT2D eigenvalue weighted by Gasteiger charge is 1.96. The van der Waals surface area contributed by atoms with Gasteiger partial charge in [-0.25, -0.2) is 4.21 Å². The summed E-state index contributed by atoms with van der Waals surface area (Å²) in [5.41, 5.74) is 2.15. The number of halogens is 3. The molecule has 2 aromatic carbocycles. The highest BCUT2D eigenvalue weighted by molar-refractivity contribution is 8.26. The van der Waals surface area contributed by atoms with Crippen LogP contribution in [0.15, 0.2) is 60.7 Å². The highest BCUT2D eigenvalue weighted by Crippen LogP contribution is 2.17. The standard InChI is InChI=1S/C8H9Cl.C8H10O.Cl2OS/c2*1-7(9)8-5-3-2-4-6-8;1-4(2)3/h2-7H,1H3;2-7,9H,1H3;/t2*7-;/m01./s1. The number of benzene rings is 2. The minimum absolute atomic E-state index is 0.131. The van der Waals surface area contributed by atoms with Crippen LogP contribution in [-0.2, 0) is 9.23 Å². The van der Waals surface area contributed by atoms with E-state index < -0.39 is 9.23 Å². The number of hydrogen-bond donors (Lipinski definition) is 1. The lowest BCUT2D eigenvalue weighted by molar-refractivity contribution is 0.199. The molecule has 0 heterocycles. The molecule has 0 radical (unpaired) electrons. The Kier molecular flexibility index (Phi) is 12.6. The summed E-state index contributed by atoms with van der Waals surface area (Å²) in [4.78, 5) is 0. The molecule has 0 aliphatic rings. The minimum Gasteiger partial charge on any atom is -0.389 e. The SMILES string of the molecule is C[C@@H](O)c1ccccc1.C[C@H](Cl)c1ccccc1.O=S(Cl)Cl. The Morgan fingerprint density at radius 1 is 0.864 bits per heavy atom. The summed E-state index contributed by atoms with van der Waals surface area (Å²) in [5.74, 6) is 0. The lowest BCUT2D eigenvalue weighted by Gasteiger charge is -2.00. The molecule has 0 saturated heterocycles. The average Bonchev–Trinajstić information content (AvgIpc) is 2.49. The molecule has 0 aliphatic carbocycles. The van der Waals surface area contributed by atoms with Gasteiger partial charge in [-0.15, -0.1) is 11.6 Å². The van der Waals surface area contributed by atoms with E-state index >= 15 is 0 Å². The molecule has 2 nitrogen and oxygen atoms in total. The van der Waals surface area contributed by atoms with Gasteiger partial charge in [0.25, 0.3) is 0 Å². The fourth-order valence-corrected chi connectivity index (χ4v) is 1.60. The van der Waals surface area contributed by atoms with Crippen molar-refractivity contribution in [1.82, 2.24) is 0 Å². The molecule has 0 amide bonds. The predicted molar refractivity (Wildman–Crippen MR) is 97.6 cm³/mol. The summed E-state index contributed by atoms with van der Waals surface area (Å²) in [6.45, 7) is 3.73. The van der Waals surface area contributed by atoms with Gasteiger partial charge >= 0.3 is 0 Å². The van der Waals surface area contributed by atoms with Crippen molar-refractivity contribution in [1.29, 1.82) is 0 Å². The van der Waals surface area contributed by atoms with Crippen LogP contribution in [0.3, 0.4) is 0 Å². The zero-order valence-electron chi connectivity index (χ0n) is 12.3. The normalized spacial score (nSPS) is 12.3. The number of aliphatic hydroxyl groups excluding tert-OH is 1. The van der Waals surface area contributed by atoms with E-state index in [1.807, 2.05) is 67.6 Å². The van der Waals surface area contributed by atoms with E-state index in [0.717, 1.165) is 5.56 Å². The molecule has 0 bridgehead atoms. The van der Waals surface area contributed by atoms with Crippen LogP contribution >= 0.6 is 33.0 Å². The second-order valence-corrected chi connectivity index (χ2v) is 7.48. The first kappa shape index (κ1) is 21.4. The molecule has 122 valence electrons. The third-order valence-electron chi connectivity index (χ3n) is 2.54. The molecular weight excluding hydrogens is 363 g/mol. The molecule has 2 aromatic rings. The quantitative estimate of drug-likeness (QED) is 0.529. The molecule has 6 heteroatoms. The molecule has 2 atom stereocenters. The second-order valence-electron chi connectivity index (χ2n) is 4.30. The van der Waals surface area contributed by atoms with Gasteiger partial charge < -0.3 is 5.11 Å². The fraction of sp³-hybridized carbons (Fsp3) is 0.250. The van der Waals surface area contributed by atoms with Crippen LogP contribution in [-0.4, -0.2) is 9.32 Å². The van der Waals surface area contributed by atoms with Gasteiger partial charge in [0.1, 0.15) is 0 Å². The predicted octanol–water partition coefficient (Wildman–Crippen LogP) is 5.77. The van der Waals surface area contributed by atoms with E-state index in [9.17, 15) is 0 Å². The third kappa shape index (κ3) is 12.0. The first-order chi connectivity index (χ1) is 10.3. The van der Waals surface area contributed by atoms with Crippen LogP contribution in [0.1, 0.15) is 36.5 Å². The Labute approximate surface area is 148 Å². The van der Waals surface area contributed by atoms with Crippen LogP contribution in [0.5, 0.6) is 0 Å². The first-order valence-electron chi connectivity index (χ1n) is 6.51.